The van der Waals surface area contributed by atoms with Crippen molar-refractivity contribution in [1.29, 1.82) is 0 Å². The summed E-state index contributed by atoms with van der Waals surface area (Å²) < 4.78 is 50.7. The lowest BCUT2D eigenvalue weighted by molar-refractivity contribution is -0.121. The molecular weight excluding hydrogens is 513 g/mol. The molecule has 0 aromatic heterocycles. The van der Waals surface area contributed by atoms with Crippen molar-refractivity contribution in [2.45, 2.75) is 25.7 Å². The molecule has 1 aliphatic rings. The van der Waals surface area contributed by atoms with Gasteiger partial charge in [0, 0.05) is 13.0 Å². The maximum atomic E-state index is 14.6. The number of aromatic hydroxyl groups is 2. The van der Waals surface area contributed by atoms with Crippen molar-refractivity contribution in [1.82, 2.24) is 10.0 Å². The smallest absolute Gasteiger partial charge is 0.345 e. The highest BCUT2D eigenvalue weighted by Gasteiger charge is 2.37. The number of nitrogens with zero attached hydrogens (tertiary/aromatic N) is 1. The molecule has 2 aromatic carbocycles. The number of halogens is 1. The summed E-state index contributed by atoms with van der Waals surface area (Å²) in [5, 5.41) is 22.7. The Kier molecular flexibility index (Phi) is 8.76. The monoisotopic (exact) mass is 539 g/mol. The predicted molar refractivity (Wildman–Crippen MR) is 128 cm³/mol. The molecule has 3 rings (SSSR count). The van der Waals surface area contributed by atoms with E-state index in [0.29, 0.717) is 23.7 Å². The number of hydrogen-bond acceptors (Lipinski definition) is 9. The van der Waals surface area contributed by atoms with E-state index in [1.165, 1.54) is 25.3 Å². The fourth-order valence-corrected chi connectivity index (χ4v) is 4.78. The van der Waals surface area contributed by atoms with E-state index in [-0.39, 0.29) is 48.0 Å². The van der Waals surface area contributed by atoms with Gasteiger partial charge in [0.2, 0.25) is 5.91 Å². The largest absolute Gasteiger partial charge is 0.507 e. The van der Waals surface area contributed by atoms with E-state index < -0.39 is 45.9 Å². The van der Waals surface area contributed by atoms with Crippen LogP contribution in [0, 0.1) is 5.82 Å². The SMILES string of the molecule is COC(=O)c1c(O)cccc1OCCCCNC(=O)CCc1cc(O)c(N2CC(=O)NS2(=O)=O)c(F)c1. The number of unbranched alkanes of at least 4 members (excludes halogenated alkanes) is 1. The summed E-state index contributed by atoms with van der Waals surface area (Å²) in [4.78, 5) is 35.3. The average Bonchev–Trinajstić information content (AvgIpc) is 3.10. The number of nitrogens with one attached hydrogen (secondary N) is 2. The molecule has 0 atom stereocenters. The standard InChI is InChI=1S/C23H26FN3O9S/c1-35-23(32)21-16(28)5-4-6-18(21)36-10-3-2-9-25-19(30)8-7-14-11-15(24)22(17(29)12-14)27-13-20(31)26-37(27,33)34/h4-6,11-12,28-29H,2-3,7-10,13H2,1H3,(H,25,30)(H,26,31). The molecular formula is C23H26FN3O9S. The van der Waals surface area contributed by atoms with Gasteiger partial charge >= 0.3 is 16.2 Å². The number of phenols is 2. The average molecular weight is 540 g/mol. The quantitative estimate of drug-likeness (QED) is 0.241. The van der Waals surface area contributed by atoms with Crippen LogP contribution in [0.1, 0.15) is 35.2 Å². The van der Waals surface area contributed by atoms with Crippen molar-refractivity contribution >= 4 is 33.7 Å². The number of aryl methyl sites for hydroxylation is 1. The number of ether oxygens (including phenoxy) is 2. The lowest BCUT2D eigenvalue weighted by atomic mass is 10.1. The van der Waals surface area contributed by atoms with Crippen LogP contribution in [0.5, 0.6) is 17.2 Å². The lowest BCUT2D eigenvalue weighted by Crippen LogP contribution is -2.30. The van der Waals surface area contributed by atoms with Crippen LogP contribution in [0.3, 0.4) is 0 Å². The molecule has 1 heterocycles. The molecule has 0 bridgehead atoms. The number of esters is 1. The molecule has 4 N–H and O–H groups in total. The topological polar surface area (TPSA) is 172 Å². The molecule has 0 saturated carbocycles. The Morgan fingerprint density at radius 3 is 2.59 bits per heavy atom. The highest BCUT2D eigenvalue weighted by molar-refractivity contribution is 7.92. The van der Waals surface area contributed by atoms with Crippen molar-refractivity contribution in [3.05, 3.63) is 47.3 Å². The molecule has 1 aliphatic heterocycles. The van der Waals surface area contributed by atoms with Gasteiger partial charge in [-0.15, -0.1) is 0 Å². The first-order chi connectivity index (χ1) is 17.5. The number of carbonyl (C=O) groups is 3. The van der Waals surface area contributed by atoms with Gasteiger partial charge in [-0.25, -0.2) is 18.2 Å². The Bertz CT molecular complexity index is 1280. The summed E-state index contributed by atoms with van der Waals surface area (Å²) >= 11 is 0. The zero-order valence-corrected chi connectivity index (χ0v) is 20.6. The fraction of sp³-hybridized carbons (Fsp3) is 0.348. The Labute approximate surface area is 212 Å². The number of hydrogen-bond donors (Lipinski definition) is 4. The maximum absolute atomic E-state index is 14.6. The minimum Gasteiger partial charge on any atom is -0.507 e. The maximum Gasteiger partial charge on any atom is 0.345 e. The first-order valence-corrected chi connectivity index (χ1v) is 12.6. The van der Waals surface area contributed by atoms with Crippen molar-refractivity contribution in [3.63, 3.8) is 0 Å². The molecule has 0 spiro atoms. The summed E-state index contributed by atoms with van der Waals surface area (Å²) in [5.41, 5.74) is -0.440. The highest BCUT2D eigenvalue weighted by atomic mass is 32.2. The summed E-state index contributed by atoms with van der Waals surface area (Å²) in [6.07, 6.45) is 1.16. The first-order valence-electron chi connectivity index (χ1n) is 11.2. The fourth-order valence-electron chi connectivity index (χ4n) is 3.61. The van der Waals surface area contributed by atoms with Gasteiger partial charge in [-0.3, -0.25) is 9.59 Å². The predicted octanol–water partition coefficient (Wildman–Crippen LogP) is 1.11. The van der Waals surface area contributed by atoms with Gasteiger partial charge in [0.1, 0.15) is 35.0 Å². The van der Waals surface area contributed by atoms with E-state index in [9.17, 15) is 37.4 Å². The second-order valence-electron chi connectivity index (χ2n) is 8.03. The first kappa shape index (κ1) is 27.5. The van der Waals surface area contributed by atoms with Crippen molar-refractivity contribution in [2.24, 2.45) is 0 Å². The number of anilines is 1. The second kappa shape index (κ2) is 11.8. The number of methoxy groups -OCH3 is 1. The highest BCUT2D eigenvalue weighted by Crippen LogP contribution is 2.34. The van der Waals surface area contributed by atoms with E-state index in [2.05, 4.69) is 10.1 Å². The molecule has 0 radical (unpaired) electrons. The number of carbonyl (C=O) groups excluding carboxylic acids is 3. The summed E-state index contributed by atoms with van der Waals surface area (Å²) in [5.74, 6) is -3.68. The second-order valence-corrected chi connectivity index (χ2v) is 9.62. The lowest BCUT2D eigenvalue weighted by Gasteiger charge is -2.17. The van der Waals surface area contributed by atoms with Crippen LogP contribution in [0.4, 0.5) is 10.1 Å². The van der Waals surface area contributed by atoms with Gasteiger partial charge < -0.3 is 25.0 Å². The molecule has 14 heteroatoms. The Hall–Kier alpha value is -4.07. The van der Waals surface area contributed by atoms with Gasteiger partial charge in [-0.2, -0.15) is 8.42 Å². The van der Waals surface area contributed by atoms with Crippen LogP contribution in [0.15, 0.2) is 30.3 Å². The van der Waals surface area contributed by atoms with Gasteiger partial charge in [-0.05, 0) is 49.1 Å². The molecule has 37 heavy (non-hydrogen) atoms. The van der Waals surface area contributed by atoms with E-state index in [1.807, 2.05) is 0 Å². The molecule has 1 saturated heterocycles. The molecule has 2 aromatic rings. The van der Waals surface area contributed by atoms with E-state index in [0.717, 1.165) is 12.1 Å². The molecule has 1 fully saturated rings. The van der Waals surface area contributed by atoms with E-state index in [1.54, 1.807) is 4.72 Å². The molecule has 200 valence electrons. The minimum atomic E-state index is -4.29. The zero-order valence-electron chi connectivity index (χ0n) is 19.8. The molecule has 2 amide bonds. The van der Waals surface area contributed by atoms with Crippen LogP contribution >= 0.6 is 0 Å². The number of rotatable bonds is 11. The Balaban J connectivity index is 1.42. The van der Waals surface area contributed by atoms with Gasteiger partial charge in [0.15, 0.2) is 5.82 Å². The minimum absolute atomic E-state index is 0.0113. The van der Waals surface area contributed by atoms with Crippen LogP contribution in [-0.4, -0.2) is 63.2 Å². The van der Waals surface area contributed by atoms with Crippen LogP contribution in [-0.2, 0) is 31.0 Å². The number of amides is 2. The zero-order chi connectivity index (χ0) is 27.2. The third-order valence-corrected chi connectivity index (χ3v) is 6.74. The third kappa shape index (κ3) is 6.78. The van der Waals surface area contributed by atoms with Crippen molar-refractivity contribution < 1.29 is 46.9 Å². The summed E-state index contributed by atoms with van der Waals surface area (Å²) in [6.45, 7) is -0.0968. The third-order valence-electron chi connectivity index (χ3n) is 5.36. The summed E-state index contributed by atoms with van der Waals surface area (Å²) in [6, 6.07) is 6.55. The Morgan fingerprint density at radius 2 is 1.95 bits per heavy atom. The van der Waals surface area contributed by atoms with Crippen LogP contribution in [0.25, 0.3) is 0 Å². The van der Waals surface area contributed by atoms with E-state index in [4.69, 9.17) is 4.74 Å². The van der Waals surface area contributed by atoms with Gasteiger partial charge in [0.05, 0.1) is 13.7 Å². The van der Waals surface area contributed by atoms with Gasteiger partial charge in [-0.1, -0.05) is 6.07 Å². The van der Waals surface area contributed by atoms with Crippen molar-refractivity contribution in [3.8, 4) is 17.2 Å². The van der Waals surface area contributed by atoms with Crippen LogP contribution in [0.2, 0.25) is 0 Å². The normalized spacial score (nSPS) is 14.2. The van der Waals surface area contributed by atoms with E-state index >= 15 is 0 Å². The number of benzene rings is 2. The number of phenolic OH excluding ortho intramolecular Hbond substituents is 2. The molecule has 0 aliphatic carbocycles. The Morgan fingerprint density at radius 1 is 1.19 bits per heavy atom. The van der Waals surface area contributed by atoms with Gasteiger partial charge in [0.25, 0.3) is 5.91 Å². The molecule has 0 unspecified atom stereocenters. The molecule has 12 nitrogen and oxygen atoms in total. The van der Waals surface area contributed by atoms with Crippen LogP contribution < -0.4 is 19.1 Å². The summed E-state index contributed by atoms with van der Waals surface area (Å²) in [7, 11) is -3.09. The van der Waals surface area contributed by atoms with Crippen molar-refractivity contribution in [2.75, 3.05) is 31.1 Å².